The number of aromatic nitrogens is 4. The average molecular weight is 259 g/mol. The second-order valence-corrected chi connectivity index (χ2v) is 5.20. The molecule has 1 fully saturated rings. The molecule has 6 nitrogen and oxygen atoms in total. The van der Waals surface area contributed by atoms with Crippen LogP contribution in [0.5, 0.6) is 0 Å². The number of hydrogen-bond donors (Lipinski definition) is 1. The molecule has 0 aromatic carbocycles. The van der Waals surface area contributed by atoms with E-state index in [1.165, 1.54) is 12.8 Å². The van der Waals surface area contributed by atoms with E-state index in [4.69, 9.17) is 10.3 Å². The fourth-order valence-corrected chi connectivity index (χ4v) is 2.53. The quantitative estimate of drug-likeness (QED) is 0.890. The highest BCUT2D eigenvalue weighted by Gasteiger charge is 2.25. The summed E-state index contributed by atoms with van der Waals surface area (Å²) in [4.78, 5) is 12.5. The van der Waals surface area contributed by atoms with Crippen molar-refractivity contribution in [1.29, 1.82) is 0 Å². The van der Waals surface area contributed by atoms with Gasteiger partial charge in [0.2, 0.25) is 0 Å². The normalized spacial score (nSPS) is 23.4. The van der Waals surface area contributed by atoms with Gasteiger partial charge >= 0.3 is 0 Å². The van der Waals surface area contributed by atoms with Crippen molar-refractivity contribution < 1.29 is 4.52 Å². The first-order valence-corrected chi connectivity index (χ1v) is 6.64. The van der Waals surface area contributed by atoms with Crippen molar-refractivity contribution in [2.75, 3.05) is 5.73 Å². The maximum atomic E-state index is 5.76. The third kappa shape index (κ3) is 2.43. The number of nitrogens with two attached hydrogens (primary N) is 1. The van der Waals surface area contributed by atoms with Gasteiger partial charge in [0, 0.05) is 18.3 Å². The molecule has 6 heteroatoms. The molecule has 0 bridgehead atoms. The SMILES string of the molecule is CC1CCC(c2noc(-c3nccnc3N)n2)CC1. The van der Waals surface area contributed by atoms with Crippen LogP contribution in [0.3, 0.4) is 0 Å². The van der Waals surface area contributed by atoms with Gasteiger partial charge in [0.05, 0.1) is 0 Å². The Morgan fingerprint density at radius 2 is 1.89 bits per heavy atom. The van der Waals surface area contributed by atoms with Crippen molar-refractivity contribution >= 4 is 5.82 Å². The first-order chi connectivity index (χ1) is 9.24. The Bertz CT molecular complexity index is 560. The minimum atomic E-state index is 0.315. The Morgan fingerprint density at radius 1 is 1.16 bits per heavy atom. The maximum Gasteiger partial charge on any atom is 0.280 e. The van der Waals surface area contributed by atoms with Gasteiger partial charge in [-0.15, -0.1) is 0 Å². The number of nitrogens with zero attached hydrogens (tertiary/aromatic N) is 4. The Morgan fingerprint density at radius 3 is 2.63 bits per heavy atom. The number of anilines is 1. The maximum absolute atomic E-state index is 5.76. The summed E-state index contributed by atoms with van der Waals surface area (Å²) in [5, 5.41) is 4.07. The van der Waals surface area contributed by atoms with E-state index in [0.717, 1.165) is 24.6 Å². The molecule has 2 aromatic rings. The lowest BCUT2D eigenvalue weighted by Gasteiger charge is -2.23. The van der Waals surface area contributed by atoms with Gasteiger partial charge < -0.3 is 10.3 Å². The first-order valence-electron chi connectivity index (χ1n) is 6.64. The number of nitrogen functional groups attached to an aromatic ring is 1. The summed E-state index contributed by atoms with van der Waals surface area (Å²) in [6, 6.07) is 0. The topological polar surface area (TPSA) is 90.7 Å². The predicted octanol–water partition coefficient (Wildman–Crippen LogP) is 2.40. The van der Waals surface area contributed by atoms with Gasteiger partial charge in [-0.2, -0.15) is 4.98 Å². The lowest BCUT2D eigenvalue weighted by atomic mass is 9.83. The highest BCUT2D eigenvalue weighted by Crippen LogP contribution is 2.34. The molecule has 100 valence electrons. The van der Waals surface area contributed by atoms with Gasteiger partial charge in [0.15, 0.2) is 17.3 Å². The van der Waals surface area contributed by atoms with E-state index >= 15 is 0 Å². The van der Waals surface area contributed by atoms with Crippen molar-refractivity contribution in [3.05, 3.63) is 18.2 Å². The Balaban J connectivity index is 1.82. The molecule has 0 radical (unpaired) electrons. The molecular weight excluding hydrogens is 242 g/mol. The van der Waals surface area contributed by atoms with E-state index in [-0.39, 0.29) is 0 Å². The zero-order valence-electron chi connectivity index (χ0n) is 10.9. The van der Waals surface area contributed by atoms with Crippen molar-refractivity contribution in [3.8, 4) is 11.6 Å². The zero-order chi connectivity index (χ0) is 13.2. The second kappa shape index (κ2) is 4.95. The van der Waals surface area contributed by atoms with Crippen molar-refractivity contribution in [2.45, 2.75) is 38.5 Å². The number of hydrogen-bond acceptors (Lipinski definition) is 6. The Hall–Kier alpha value is -1.98. The molecule has 2 heterocycles. The lowest BCUT2D eigenvalue weighted by Crippen LogP contribution is -2.11. The van der Waals surface area contributed by atoms with Crippen LogP contribution in [-0.2, 0) is 0 Å². The zero-order valence-corrected chi connectivity index (χ0v) is 10.9. The molecule has 0 atom stereocenters. The standard InChI is InChI=1S/C13H17N5O/c1-8-2-4-9(5-3-8)12-17-13(19-18-12)10-11(14)16-7-6-15-10/h6-9H,2-5H2,1H3,(H2,14,16). The van der Waals surface area contributed by atoms with Crippen LogP contribution in [0.2, 0.25) is 0 Å². The predicted molar refractivity (Wildman–Crippen MR) is 70.1 cm³/mol. The van der Waals surface area contributed by atoms with E-state index in [1.54, 1.807) is 12.4 Å². The summed E-state index contributed by atoms with van der Waals surface area (Å²) >= 11 is 0. The summed E-state index contributed by atoms with van der Waals surface area (Å²) < 4.78 is 5.27. The monoisotopic (exact) mass is 259 g/mol. The third-order valence-corrected chi connectivity index (χ3v) is 3.75. The van der Waals surface area contributed by atoms with Crippen LogP contribution < -0.4 is 5.73 Å². The van der Waals surface area contributed by atoms with E-state index in [2.05, 4.69) is 27.0 Å². The van der Waals surface area contributed by atoms with Crippen LogP contribution >= 0.6 is 0 Å². The average Bonchev–Trinajstić information content (AvgIpc) is 2.89. The van der Waals surface area contributed by atoms with Gasteiger partial charge in [-0.3, -0.25) is 0 Å². The minimum absolute atomic E-state index is 0.315. The van der Waals surface area contributed by atoms with Crippen LogP contribution in [0.25, 0.3) is 11.6 Å². The summed E-state index contributed by atoms with van der Waals surface area (Å²) in [7, 11) is 0. The number of rotatable bonds is 2. The van der Waals surface area contributed by atoms with Gasteiger partial charge in [-0.1, -0.05) is 24.9 Å². The molecule has 0 amide bonds. The summed E-state index contributed by atoms with van der Waals surface area (Å²) in [5.41, 5.74) is 6.22. The second-order valence-electron chi connectivity index (χ2n) is 5.20. The van der Waals surface area contributed by atoms with Gasteiger partial charge in [-0.25, -0.2) is 9.97 Å². The molecule has 19 heavy (non-hydrogen) atoms. The van der Waals surface area contributed by atoms with E-state index in [0.29, 0.717) is 23.3 Å². The van der Waals surface area contributed by atoms with E-state index < -0.39 is 0 Å². The smallest absolute Gasteiger partial charge is 0.280 e. The van der Waals surface area contributed by atoms with E-state index in [9.17, 15) is 0 Å². The van der Waals surface area contributed by atoms with Gasteiger partial charge in [-0.05, 0) is 18.8 Å². The van der Waals surface area contributed by atoms with Crippen molar-refractivity contribution in [2.24, 2.45) is 5.92 Å². The molecule has 0 aliphatic heterocycles. The molecule has 1 aliphatic rings. The highest BCUT2D eigenvalue weighted by atomic mass is 16.5. The van der Waals surface area contributed by atoms with Crippen LogP contribution in [-0.4, -0.2) is 20.1 Å². The van der Waals surface area contributed by atoms with Crippen molar-refractivity contribution in [1.82, 2.24) is 20.1 Å². The third-order valence-electron chi connectivity index (χ3n) is 3.75. The fraction of sp³-hybridized carbons (Fsp3) is 0.538. The molecule has 3 rings (SSSR count). The highest BCUT2D eigenvalue weighted by molar-refractivity contribution is 5.61. The molecule has 2 aromatic heterocycles. The van der Waals surface area contributed by atoms with Crippen LogP contribution in [0.15, 0.2) is 16.9 Å². The van der Waals surface area contributed by atoms with Crippen LogP contribution in [0, 0.1) is 5.92 Å². The minimum Gasteiger partial charge on any atom is -0.382 e. The Labute approximate surface area is 111 Å². The first kappa shape index (κ1) is 12.1. The fourth-order valence-electron chi connectivity index (χ4n) is 2.53. The van der Waals surface area contributed by atoms with Gasteiger partial charge in [0.1, 0.15) is 0 Å². The molecule has 0 saturated heterocycles. The molecule has 2 N–H and O–H groups in total. The Kier molecular flexibility index (Phi) is 3.15. The lowest BCUT2D eigenvalue weighted by molar-refractivity contribution is 0.329. The summed E-state index contributed by atoms with van der Waals surface area (Å²) in [6.07, 6.45) is 7.80. The molecule has 1 saturated carbocycles. The molecule has 1 aliphatic carbocycles. The van der Waals surface area contributed by atoms with E-state index in [1.807, 2.05) is 0 Å². The van der Waals surface area contributed by atoms with Gasteiger partial charge in [0.25, 0.3) is 5.89 Å². The summed E-state index contributed by atoms with van der Waals surface area (Å²) in [6.45, 7) is 2.29. The van der Waals surface area contributed by atoms with Crippen LogP contribution in [0.1, 0.15) is 44.3 Å². The molecular formula is C13H17N5O. The molecule has 0 unspecified atom stereocenters. The van der Waals surface area contributed by atoms with Crippen LogP contribution in [0.4, 0.5) is 5.82 Å². The van der Waals surface area contributed by atoms with Crippen molar-refractivity contribution in [3.63, 3.8) is 0 Å². The largest absolute Gasteiger partial charge is 0.382 e. The molecule has 0 spiro atoms. The summed E-state index contributed by atoms with van der Waals surface area (Å²) in [5.74, 6) is 2.64.